The topological polar surface area (TPSA) is 25.8 Å². The van der Waals surface area contributed by atoms with Crippen molar-refractivity contribution in [1.29, 1.82) is 0 Å². The van der Waals surface area contributed by atoms with Gasteiger partial charge in [-0.25, -0.2) is 0 Å². The van der Waals surface area contributed by atoms with E-state index in [9.17, 15) is 26.3 Å². The number of nitrogens with zero attached hydrogens (tertiary/aromatic N) is 2. The first-order valence-electron chi connectivity index (χ1n) is 9.08. The van der Waals surface area contributed by atoms with Gasteiger partial charge in [0.15, 0.2) is 0 Å². The van der Waals surface area contributed by atoms with Gasteiger partial charge < -0.3 is 0 Å². The van der Waals surface area contributed by atoms with Crippen LogP contribution in [0.3, 0.4) is 0 Å². The van der Waals surface area contributed by atoms with Crippen LogP contribution in [-0.4, -0.2) is 8.75 Å². The van der Waals surface area contributed by atoms with Crippen molar-refractivity contribution in [3.63, 3.8) is 0 Å². The van der Waals surface area contributed by atoms with Crippen molar-refractivity contribution < 1.29 is 26.3 Å². The fourth-order valence-corrected chi connectivity index (χ4v) is 4.10. The Kier molecular flexibility index (Phi) is 5.04. The fraction of sp³-hybridized carbons (Fsp3) is 0.182. The molecule has 0 saturated heterocycles. The zero-order chi connectivity index (χ0) is 22.6. The molecule has 0 fully saturated rings. The molecule has 0 saturated carbocycles. The monoisotopic (exact) mass is 452 g/mol. The van der Waals surface area contributed by atoms with Crippen molar-refractivity contribution in [3.8, 4) is 22.3 Å². The minimum atomic E-state index is -4.50. The summed E-state index contributed by atoms with van der Waals surface area (Å²) in [6.45, 7) is 2.76. The van der Waals surface area contributed by atoms with E-state index in [1.54, 1.807) is 24.3 Å². The summed E-state index contributed by atoms with van der Waals surface area (Å²) >= 11 is 0.852. The Morgan fingerprint density at radius 2 is 1.00 bits per heavy atom. The zero-order valence-electron chi connectivity index (χ0n) is 16.2. The lowest BCUT2D eigenvalue weighted by Crippen LogP contribution is -2.07. The van der Waals surface area contributed by atoms with E-state index in [1.807, 2.05) is 0 Å². The van der Waals surface area contributed by atoms with Crippen LogP contribution in [0, 0.1) is 13.8 Å². The van der Waals surface area contributed by atoms with Crippen molar-refractivity contribution >= 4 is 22.8 Å². The average molecular weight is 452 g/mol. The molecular weight excluding hydrogens is 438 g/mol. The van der Waals surface area contributed by atoms with Gasteiger partial charge in [0, 0.05) is 11.1 Å². The van der Waals surface area contributed by atoms with Crippen LogP contribution in [0.5, 0.6) is 0 Å². The molecule has 2 nitrogen and oxygen atoms in total. The van der Waals surface area contributed by atoms with E-state index in [-0.39, 0.29) is 11.1 Å². The highest BCUT2D eigenvalue weighted by atomic mass is 32.1. The first-order chi connectivity index (χ1) is 14.5. The minimum absolute atomic E-state index is 0.0971. The molecule has 0 unspecified atom stereocenters. The number of benzene rings is 3. The second kappa shape index (κ2) is 7.33. The van der Waals surface area contributed by atoms with Crippen molar-refractivity contribution in [2.45, 2.75) is 26.2 Å². The van der Waals surface area contributed by atoms with E-state index in [2.05, 4.69) is 8.75 Å². The summed E-state index contributed by atoms with van der Waals surface area (Å²) in [7, 11) is 0. The number of hydrogen-bond acceptors (Lipinski definition) is 3. The molecule has 0 radical (unpaired) electrons. The third-order valence-corrected chi connectivity index (χ3v) is 5.65. The zero-order valence-corrected chi connectivity index (χ0v) is 17.0. The van der Waals surface area contributed by atoms with Gasteiger partial charge in [0.25, 0.3) is 0 Å². The first-order valence-corrected chi connectivity index (χ1v) is 9.81. The minimum Gasteiger partial charge on any atom is -0.172 e. The largest absolute Gasteiger partial charge is 0.416 e. The number of halogens is 6. The summed E-state index contributed by atoms with van der Waals surface area (Å²) in [5.74, 6) is 0. The van der Waals surface area contributed by atoms with E-state index in [4.69, 9.17) is 0 Å². The lowest BCUT2D eigenvalue weighted by atomic mass is 9.94. The molecule has 4 aromatic rings. The molecule has 1 aromatic heterocycles. The Morgan fingerprint density at radius 3 is 1.35 bits per heavy atom. The maximum absolute atomic E-state index is 13.3. The van der Waals surface area contributed by atoms with Crippen LogP contribution in [0.1, 0.15) is 22.3 Å². The summed E-state index contributed by atoms with van der Waals surface area (Å²) in [6, 6.07) is 11.1. The van der Waals surface area contributed by atoms with Gasteiger partial charge >= 0.3 is 12.4 Å². The Hall–Kier alpha value is -2.94. The number of hydrogen-bond donors (Lipinski definition) is 0. The van der Waals surface area contributed by atoms with E-state index in [1.165, 1.54) is 26.0 Å². The molecule has 0 N–H and O–H groups in total. The highest BCUT2D eigenvalue weighted by molar-refractivity contribution is 7.00. The Balaban J connectivity index is 1.89. The molecule has 0 bridgehead atoms. The standard InChI is InChI=1S/C22H14F6N2S/c1-11-3-5-13(9-17(11)21(23,24)25)15-7-8-16(20-19(15)29-31-30-20)14-6-4-12(2)18(10-14)22(26,27)28/h3-10H,1-2H3. The summed E-state index contributed by atoms with van der Waals surface area (Å²) in [5.41, 5.74) is 0.853. The van der Waals surface area contributed by atoms with Crippen LogP contribution in [0.25, 0.3) is 33.3 Å². The predicted molar refractivity (Wildman–Crippen MR) is 108 cm³/mol. The van der Waals surface area contributed by atoms with E-state index >= 15 is 0 Å². The number of aryl methyl sites for hydroxylation is 2. The van der Waals surface area contributed by atoms with E-state index < -0.39 is 23.5 Å². The van der Waals surface area contributed by atoms with Gasteiger partial charge in [-0.1, -0.05) is 36.4 Å². The molecule has 0 atom stereocenters. The van der Waals surface area contributed by atoms with Gasteiger partial charge in [-0.15, -0.1) is 0 Å². The van der Waals surface area contributed by atoms with E-state index in [0.717, 1.165) is 23.9 Å². The van der Waals surface area contributed by atoms with Crippen LogP contribution >= 0.6 is 11.7 Å². The fourth-order valence-electron chi connectivity index (χ4n) is 3.52. The van der Waals surface area contributed by atoms with Gasteiger partial charge in [0.2, 0.25) is 0 Å². The first kappa shape index (κ1) is 21.3. The molecule has 3 aromatic carbocycles. The van der Waals surface area contributed by atoms with Crippen molar-refractivity contribution in [2.75, 3.05) is 0 Å². The summed E-state index contributed by atoms with van der Waals surface area (Å²) in [4.78, 5) is 0. The highest BCUT2D eigenvalue weighted by Gasteiger charge is 2.34. The Morgan fingerprint density at radius 1 is 0.613 bits per heavy atom. The molecule has 0 spiro atoms. The van der Waals surface area contributed by atoms with Crippen LogP contribution in [-0.2, 0) is 12.4 Å². The SMILES string of the molecule is Cc1ccc(-c2ccc(-c3ccc(C)c(C(F)(F)F)c3)c3nsnc23)cc1C(F)(F)F. The van der Waals surface area contributed by atoms with Crippen molar-refractivity contribution in [1.82, 2.24) is 8.75 Å². The van der Waals surface area contributed by atoms with Gasteiger partial charge in [-0.2, -0.15) is 35.1 Å². The summed E-state index contributed by atoms with van der Waals surface area (Å²) in [5, 5.41) is 0. The van der Waals surface area contributed by atoms with Crippen molar-refractivity contribution in [2.24, 2.45) is 0 Å². The van der Waals surface area contributed by atoms with E-state index in [0.29, 0.717) is 33.3 Å². The second-order valence-electron chi connectivity index (χ2n) is 7.18. The quantitative estimate of drug-likeness (QED) is 0.292. The Labute approximate surface area is 177 Å². The summed E-state index contributed by atoms with van der Waals surface area (Å²) in [6.07, 6.45) is -9.01. The molecule has 0 aliphatic carbocycles. The molecule has 31 heavy (non-hydrogen) atoms. The molecular formula is C22H14F6N2S. The molecule has 9 heteroatoms. The predicted octanol–water partition coefficient (Wildman–Crippen LogP) is 7.68. The van der Waals surface area contributed by atoms with Gasteiger partial charge in [-0.05, 0) is 48.2 Å². The third kappa shape index (κ3) is 3.89. The van der Waals surface area contributed by atoms with Crippen LogP contribution in [0.4, 0.5) is 26.3 Å². The highest BCUT2D eigenvalue weighted by Crippen LogP contribution is 2.40. The summed E-state index contributed by atoms with van der Waals surface area (Å²) < 4.78 is 88.4. The smallest absolute Gasteiger partial charge is 0.172 e. The van der Waals surface area contributed by atoms with Crippen LogP contribution < -0.4 is 0 Å². The number of aromatic nitrogens is 2. The van der Waals surface area contributed by atoms with Crippen LogP contribution in [0.15, 0.2) is 48.5 Å². The maximum Gasteiger partial charge on any atom is 0.416 e. The molecule has 4 rings (SSSR count). The van der Waals surface area contributed by atoms with Gasteiger partial charge in [0.1, 0.15) is 11.0 Å². The number of rotatable bonds is 2. The number of fused-ring (bicyclic) bond motifs is 1. The maximum atomic E-state index is 13.3. The molecule has 0 amide bonds. The lowest BCUT2D eigenvalue weighted by Gasteiger charge is -2.14. The second-order valence-corrected chi connectivity index (χ2v) is 7.71. The molecule has 0 aliphatic rings. The lowest BCUT2D eigenvalue weighted by molar-refractivity contribution is -0.138. The van der Waals surface area contributed by atoms with Crippen LogP contribution in [0.2, 0.25) is 0 Å². The van der Waals surface area contributed by atoms with Crippen molar-refractivity contribution in [3.05, 3.63) is 70.8 Å². The van der Waals surface area contributed by atoms with Gasteiger partial charge in [0.05, 0.1) is 22.9 Å². The average Bonchev–Trinajstić information content (AvgIpc) is 3.16. The molecule has 160 valence electrons. The molecule has 0 aliphatic heterocycles. The van der Waals surface area contributed by atoms with Gasteiger partial charge in [-0.3, -0.25) is 0 Å². The third-order valence-electron chi connectivity index (χ3n) is 5.12. The molecule has 1 heterocycles. The number of alkyl halides is 6. The Bertz CT molecular complexity index is 1190. The normalized spacial score (nSPS) is 12.5.